The van der Waals surface area contributed by atoms with E-state index in [4.69, 9.17) is 0 Å². The van der Waals surface area contributed by atoms with E-state index in [2.05, 4.69) is 66.2 Å². The van der Waals surface area contributed by atoms with Crippen LogP contribution in [0.2, 0.25) is 0 Å². The highest BCUT2D eigenvalue weighted by molar-refractivity contribution is 7.73. The third-order valence-electron chi connectivity index (χ3n) is 3.03. The standard InChI is InChI=1S/C16H14N2S/c19-18-12-8-15(9-13-18)14-6-10-17(11-7-14)16-4-2-1-3-5-16/h1-13,19H/q+2. The summed E-state index contributed by atoms with van der Waals surface area (Å²) in [6, 6.07) is 18.6. The SMILES string of the molecule is S[n+]1ccc(-c2cc[n+](-c3ccccc3)cc2)cc1. The van der Waals surface area contributed by atoms with Gasteiger partial charge < -0.3 is 0 Å². The smallest absolute Gasteiger partial charge is 0.167 e. The maximum absolute atomic E-state index is 4.22. The van der Waals surface area contributed by atoms with E-state index in [1.165, 1.54) is 11.1 Å². The van der Waals surface area contributed by atoms with E-state index in [9.17, 15) is 0 Å². The topological polar surface area (TPSA) is 7.76 Å². The van der Waals surface area contributed by atoms with Gasteiger partial charge in [-0.25, -0.2) is 0 Å². The van der Waals surface area contributed by atoms with Crippen molar-refractivity contribution in [3.05, 3.63) is 79.4 Å². The zero-order valence-corrected chi connectivity index (χ0v) is 11.2. The monoisotopic (exact) mass is 266 g/mol. The lowest BCUT2D eigenvalue weighted by molar-refractivity contribution is -0.595. The molecule has 0 radical (unpaired) electrons. The third kappa shape index (κ3) is 2.66. The van der Waals surface area contributed by atoms with Gasteiger partial charge in [0.15, 0.2) is 24.8 Å². The fourth-order valence-electron chi connectivity index (χ4n) is 2.00. The molecule has 0 saturated carbocycles. The lowest BCUT2D eigenvalue weighted by atomic mass is 10.1. The van der Waals surface area contributed by atoms with Crippen LogP contribution >= 0.6 is 12.8 Å². The molecular formula is C16H14N2S+2. The quantitative estimate of drug-likeness (QED) is 0.539. The Balaban J connectivity index is 1.93. The zero-order valence-electron chi connectivity index (χ0n) is 10.3. The van der Waals surface area contributed by atoms with Crippen LogP contribution in [0.3, 0.4) is 0 Å². The first-order chi connectivity index (χ1) is 9.33. The second kappa shape index (κ2) is 5.24. The van der Waals surface area contributed by atoms with Crippen LogP contribution < -0.4 is 8.54 Å². The van der Waals surface area contributed by atoms with Gasteiger partial charge in [0.25, 0.3) is 0 Å². The molecule has 19 heavy (non-hydrogen) atoms. The molecule has 2 aromatic heterocycles. The maximum Gasteiger partial charge on any atom is 0.210 e. The summed E-state index contributed by atoms with van der Waals surface area (Å²) < 4.78 is 3.84. The van der Waals surface area contributed by atoms with Crippen LogP contribution in [0.5, 0.6) is 0 Å². The molecule has 0 bridgehead atoms. The number of thiol groups is 1. The highest BCUT2D eigenvalue weighted by Crippen LogP contribution is 2.16. The van der Waals surface area contributed by atoms with Crippen molar-refractivity contribution in [2.24, 2.45) is 0 Å². The molecule has 2 heterocycles. The molecule has 1 aromatic carbocycles. The average Bonchev–Trinajstić information content (AvgIpc) is 2.49. The predicted octanol–water partition coefficient (Wildman–Crippen LogP) is 2.61. The fourth-order valence-corrected chi connectivity index (χ4v) is 2.14. The highest BCUT2D eigenvalue weighted by Gasteiger charge is 2.06. The maximum atomic E-state index is 4.22. The fraction of sp³-hybridized carbons (Fsp3) is 0. The molecular weight excluding hydrogens is 252 g/mol. The number of benzene rings is 1. The Morgan fingerprint density at radius 1 is 0.632 bits per heavy atom. The van der Waals surface area contributed by atoms with Gasteiger partial charge in [-0.2, -0.15) is 4.57 Å². The van der Waals surface area contributed by atoms with Crippen molar-refractivity contribution < 1.29 is 8.54 Å². The van der Waals surface area contributed by atoms with Crippen LogP contribution in [-0.2, 0) is 0 Å². The summed E-state index contributed by atoms with van der Waals surface area (Å²) in [4.78, 5) is 0. The number of para-hydroxylation sites is 1. The molecule has 0 amide bonds. The second-order valence-electron chi connectivity index (χ2n) is 4.30. The molecule has 3 heteroatoms. The molecule has 0 unspecified atom stereocenters. The summed E-state index contributed by atoms with van der Waals surface area (Å²) in [5.41, 5.74) is 3.54. The summed E-state index contributed by atoms with van der Waals surface area (Å²) in [6.07, 6.45) is 8.01. The van der Waals surface area contributed by atoms with Crippen molar-refractivity contribution in [3.63, 3.8) is 0 Å². The lowest BCUT2D eigenvalue weighted by Crippen LogP contribution is -2.28. The number of hydrogen-bond acceptors (Lipinski definition) is 1. The van der Waals surface area contributed by atoms with Crippen LogP contribution in [0.1, 0.15) is 0 Å². The van der Waals surface area contributed by atoms with E-state index in [1.807, 2.05) is 30.6 Å². The Kier molecular flexibility index (Phi) is 3.29. The van der Waals surface area contributed by atoms with Crippen molar-refractivity contribution in [2.45, 2.75) is 0 Å². The summed E-state index contributed by atoms with van der Waals surface area (Å²) in [7, 11) is 0. The Bertz CT molecular complexity index is 661. The average molecular weight is 266 g/mol. The summed E-state index contributed by atoms with van der Waals surface area (Å²) in [6.45, 7) is 0. The molecule has 0 saturated heterocycles. The van der Waals surface area contributed by atoms with Gasteiger partial charge in [-0.1, -0.05) is 18.2 Å². The first-order valence-electron chi connectivity index (χ1n) is 6.11. The normalized spacial score (nSPS) is 10.4. The summed E-state index contributed by atoms with van der Waals surface area (Å²) in [5.74, 6) is 0. The molecule has 0 N–H and O–H groups in total. The number of pyridine rings is 2. The Morgan fingerprint density at radius 3 is 1.74 bits per heavy atom. The largest absolute Gasteiger partial charge is 0.210 e. The van der Waals surface area contributed by atoms with Gasteiger partial charge in [-0.05, 0) is 11.1 Å². The van der Waals surface area contributed by atoms with E-state index < -0.39 is 0 Å². The zero-order chi connectivity index (χ0) is 13.1. The first-order valence-corrected chi connectivity index (χ1v) is 6.51. The molecule has 3 aromatic rings. The van der Waals surface area contributed by atoms with E-state index in [0.717, 1.165) is 5.69 Å². The number of hydrogen-bond donors (Lipinski definition) is 1. The van der Waals surface area contributed by atoms with Gasteiger partial charge in [-0.3, -0.25) is 0 Å². The first kappa shape index (κ1) is 11.9. The van der Waals surface area contributed by atoms with Crippen LogP contribution in [0, 0.1) is 0 Å². The van der Waals surface area contributed by atoms with Gasteiger partial charge in [0.1, 0.15) is 12.8 Å². The van der Waals surface area contributed by atoms with Gasteiger partial charge in [-0.15, -0.1) is 3.97 Å². The Morgan fingerprint density at radius 2 is 1.16 bits per heavy atom. The van der Waals surface area contributed by atoms with Crippen molar-refractivity contribution in [1.82, 2.24) is 0 Å². The molecule has 0 aliphatic rings. The van der Waals surface area contributed by atoms with Crippen molar-refractivity contribution in [1.29, 1.82) is 0 Å². The minimum absolute atomic E-state index is 1.16. The highest BCUT2D eigenvalue weighted by atomic mass is 32.1. The molecule has 0 aliphatic carbocycles. The summed E-state index contributed by atoms with van der Waals surface area (Å²) >= 11 is 4.22. The van der Waals surface area contributed by atoms with E-state index in [0.29, 0.717) is 0 Å². The molecule has 0 spiro atoms. The molecule has 2 nitrogen and oxygen atoms in total. The lowest BCUT2D eigenvalue weighted by Gasteiger charge is -1.99. The van der Waals surface area contributed by atoms with Gasteiger partial charge >= 0.3 is 0 Å². The van der Waals surface area contributed by atoms with Crippen molar-refractivity contribution in [2.75, 3.05) is 0 Å². The summed E-state index contributed by atoms with van der Waals surface area (Å²) in [5, 5.41) is 0. The van der Waals surface area contributed by atoms with Gasteiger partial charge in [0.2, 0.25) is 5.69 Å². The Hall–Kier alpha value is -2.13. The molecule has 0 atom stereocenters. The van der Waals surface area contributed by atoms with E-state index in [1.54, 1.807) is 3.97 Å². The number of aromatic nitrogens is 2. The van der Waals surface area contributed by atoms with E-state index >= 15 is 0 Å². The predicted molar refractivity (Wildman–Crippen MR) is 78.0 cm³/mol. The van der Waals surface area contributed by atoms with Gasteiger partial charge in [0.05, 0.1) is 0 Å². The van der Waals surface area contributed by atoms with Crippen LogP contribution in [0.4, 0.5) is 0 Å². The van der Waals surface area contributed by atoms with Crippen LogP contribution in [-0.4, -0.2) is 0 Å². The van der Waals surface area contributed by atoms with E-state index in [-0.39, 0.29) is 0 Å². The number of rotatable bonds is 2. The molecule has 0 aliphatic heterocycles. The molecule has 3 rings (SSSR count). The molecule has 92 valence electrons. The Labute approximate surface area is 118 Å². The minimum Gasteiger partial charge on any atom is -0.167 e. The van der Waals surface area contributed by atoms with Crippen molar-refractivity contribution >= 4 is 12.8 Å². The van der Waals surface area contributed by atoms with Crippen LogP contribution in [0.25, 0.3) is 16.8 Å². The number of nitrogens with zero attached hydrogens (tertiary/aromatic N) is 2. The van der Waals surface area contributed by atoms with Crippen molar-refractivity contribution in [3.8, 4) is 16.8 Å². The second-order valence-corrected chi connectivity index (χ2v) is 4.76. The molecule has 0 fully saturated rings. The minimum atomic E-state index is 1.16. The van der Waals surface area contributed by atoms with Crippen LogP contribution in [0.15, 0.2) is 79.4 Å². The van der Waals surface area contributed by atoms with Gasteiger partial charge in [0, 0.05) is 36.4 Å². The third-order valence-corrected chi connectivity index (χ3v) is 3.30.